The van der Waals surface area contributed by atoms with Crippen molar-refractivity contribution in [3.63, 3.8) is 0 Å². The average Bonchev–Trinajstić information content (AvgIpc) is 2.23. The molecule has 1 aliphatic carbocycles. The van der Waals surface area contributed by atoms with E-state index in [1.807, 2.05) is 0 Å². The first-order valence-corrected chi connectivity index (χ1v) is 7.22. The Labute approximate surface area is 101 Å². The van der Waals surface area contributed by atoms with Crippen molar-refractivity contribution >= 4 is 0 Å². The second-order valence-electron chi connectivity index (χ2n) is 6.10. The van der Waals surface area contributed by atoms with Crippen LogP contribution in [0.25, 0.3) is 0 Å². The van der Waals surface area contributed by atoms with Gasteiger partial charge in [-0.2, -0.15) is 0 Å². The highest BCUT2D eigenvalue weighted by Crippen LogP contribution is 2.36. The molecule has 2 aliphatic rings. The van der Waals surface area contributed by atoms with Crippen molar-refractivity contribution < 1.29 is 0 Å². The molecule has 16 heavy (non-hydrogen) atoms. The summed E-state index contributed by atoms with van der Waals surface area (Å²) in [5, 5.41) is 3.49. The molecule has 1 heterocycles. The Morgan fingerprint density at radius 1 is 0.938 bits per heavy atom. The molecule has 0 aromatic heterocycles. The highest BCUT2D eigenvalue weighted by atomic mass is 15.1. The van der Waals surface area contributed by atoms with E-state index in [4.69, 9.17) is 0 Å². The topological polar surface area (TPSA) is 15.3 Å². The number of hydrogen-bond acceptors (Lipinski definition) is 2. The van der Waals surface area contributed by atoms with E-state index in [0.717, 1.165) is 0 Å². The molecule has 2 rings (SSSR count). The quantitative estimate of drug-likeness (QED) is 0.776. The molecular weight excluding hydrogens is 196 g/mol. The Morgan fingerprint density at radius 3 is 2.19 bits per heavy atom. The van der Waals surface area contributed by atoms with Gasteiger partial charge >= 0.3 is 0 Å². The summed E-state index contributed by atoms with van der Waals surface area (Å²) < 4.78 is 0. The minimum atomic E-state index is 0.630. The lowest BCUT2D eigenvalue weighted by atomic mass is 9.75. The van der Waals surface area contributed by atoms with E-state index in [-0.39, 0.29) is 0 Å². The van der Waals surface area contributed by atoms with Gasteiger partial charge in [-0.05, 0) is 57.3 Å². The molecule has 2 fully saturated rings. The van der Waals surface area contributed by atoms with Gasteiger partial charge in [-0.1, -0.05) is 26.2 Å². The van der Waals surface area contributed by atoms with Gasteiger partial charge in [0.25, 0.3) is 0 Å². The van der Waals surface area contributed by atoms with Gasteiger partial charge in [0.05, 0.1) is 0 Å². The zero-order valence-electron chi connectivity index (χ0n) is 10.9. The number of hydrogen-bond donors (Lipinski definition) is 1. The van der Waals surface area contributed by atoms with Crippen LogP contribution in [0.3, 0.4) is 0 Å². The highest BCUT2D eigenvalue weighted by molar-refractivity contribution is 4.82. The van der Waals surface area contributed by atoms with E-state index in [1.165, 1.54) is 77.7 Å². The summed E-state index contributed by atoms with van der Waals surface area (Å²) >= 11 is 0. The predicted octanol–water partition coefficient (Wildman–Crippen LogP) is 2.64. The Kier molecular flexibility index (Phi) is 4.66. The van der Waals surface area contributed by atoms with Crippen molar-refractivity contribution in [2.45, 2.75) is 51.9 Å². The molecular formula is C14H28N2. The van der Waals surface area contributed by atoms with Gasteiger partial charge in [-0.15, -0.1) is 0 Å². The minimum absolute atomic E-state index is 0.630. The van der Waals surface area contributed by atoms with Crippen molar-refractivity contribution in [2.75, 3.05) is 32.7 Å². The summed E-state index contributed by atoms with van der Waals surface area (Å²) in [6.07, 6.45) is 9.98. The zero-order chi connectivity index (χ0) is 11.3. The zero-order valence-corrected chi connectivity index (χ0v) is 10.9. The standard InChI is InChI=1S/C14H28N2/c1-14(7-3-2-4-8-14)13-16-11-5-9-15-10-6-12-16/h15H,2-13H2,1H3. The van der Waals surface area contributed by atoms with Crippen molar-refractivity contribution in [1.29, 1.82) is 0 Å². The summed E-state index contributed by atoms with van der Waals surface area (Å²) in [5.41, 5.74) is 0.630. The van der Waals surface area contributed by atoms with Crippen LogP contribution in [-0.4, -0.2) is 37.6 Å². The summed E-state index contributed by atoms with van der Waals surface area (Å²) in [5.74, 6) is 0. The van der Waals surface area contributed by atoms with Crippen LogP contribution in [0.15, 0.2) is 0 Å². The van der Waals surface area contributed by atoms with Crippen LogP contribution in [0.2, 0.25) is 0 Å². The maximum atomic E-state index is 3.49. The molecule has 1 N–H and O–H groups in total. The van der Waals surface area contributed by atoms with Crippen LogP contribution < -0.4 is 5.32 Å². The summed E-state index contributed by atoms with van der Waals surface area (Å²) in [6, 6.07) is 0. The van der Waals surface area contributed by atoms with Crippen molar-refractivity contribution in [2.24, 2.45) is 5.41 Å². The molecule has 1 saturated carbocycles. The van der Waals surface area contributed by atoms with Gasteiger partial charge in [0.15, 0.2) is 0 Å². The molecule has 94 valence electrons. The fraction of sp³-hybridized carbons (Fsp3) is 1.00. The van der Waals surface area contributed by atoms with Crippen LogP contribution in [0, 0.1) is 5.41 Å². The van der Waals surface area contributed by atoms with E-state index >= 15 is 0 Å². The summed E-state index contributed by atoms with van der Waals surface area (Å²) in [4.78, 5) is 2.73. The molecule has 0 spiro atoms. The maximum Gasteiger partial charge on any atom is 0.00353 e. The van der Waals surface area contributed by atoms with Crippen molar-refractivity contribution in [3.8, 4) is 0 Å². The summed E-state index contributed by atoms with van der Waals surface area (Å²) in [7, 11) is 0. The third-order valence-electron chi connectivity index (χ3n) is 4.32. The van der Waals surface area contributed by atoms with E-state index in [0.29, 0.717) is 5.41 Å². The number of nitrogens with zero attached hydrogens (tertiary/aromatic N) is 1. The van der Waals surface area contributed by atoms with Crippen LogP contribution in [0.5, 0.6) is 0 Å². The SMILES string of the molecule is CC1(CN2CCCNCCC2)CCCCC1. The van der Waals surface area contributed by atoms with Gasteiger partial charge in [0.2, 0.25) is 0 Å². The number of nitrogens with one attached hydrogen (secondary N) is 1. The Hall–Kier alpha value is -0.0800. The Morgan fingerprint density at radius 2 is 1.56 bits per heavy atom. The Balaban J connectivity index is 1.81. The van der Waals surface area contributed by atoms with Gasteiger partial charge < -0.3 is 10.2 Å². The third kappa shape index (κ3) is 3.74. The molecule has 0 unspecified atom stereocenters. The first-order chi connectivity index (χ1) is 7.79. The molecule has 2 nitrogen and oxygen atoms in total. The Bertz CT molecular complexity index is 189. The fourth-order valence-electron chi connectivity index (χ4n) is 3.35. The van der Waals surface area contributed by atoms with Gasteiger partial charge in [0.1, 0.15) is 0 Å². The van der Waals surface area contributed by atoms with Gasteiger partial charge in [-0.3, -0.25) is 0 Å². The molecule has 0 aromatic rings. The molecule has 0 radical (unpaired) electrons. The first kappa shape index (κ1) is 12.4. The van der Waals surface area contributed by atoms with E-state index in [1.54, 1.807) is 0 Å². The normalized spacial score (nSPS) is 28.3. The van der Waals surface area contributed by atoms with Crippen LogP contribution >= 0.6 is 0 Å². The van der Waals surface area contributed by atoms with Gasteiger partial charge in [0, 0.05) is 6.54 Å². The molecule has 1 saturated heterocycles. The lowest BCUT2D eigenvalue weighted by Crippen LogP contribution is -2.41. The minimum Gasteiger partial charge on any atom is -0.317 e. The summed E-state index contributed by atoms with van der Waals surface area (Å²) in [6.45, 7) is 8.92. The van der Waals surface area contributed by atoms with Crippen molar-refractivity contribution in [3.05, 3.63) is 0 Å². The molecule has 0 aromatic carbocycles. The highest BCUT2D eigenvalue weighted by Gasteiger charge is 2.28. The smallest absolute Gasteiger partial charge is 0.00353 e. The van der Waals surface area contributed by atoms with Crippen LogP contribution in [-0.2, 0) is 0 Å². The monoisotopic (exact) mass is 224 g/mol. The van der Waals surface area contributed by atoms with Crippen LogP contribution in [0.1, 0.15) is 51.9 Å². The lowest BCUT2D eigenvalue weighted by Gasteiger charge is -2.39. The third-order valence-corrected chi connectivity index (χ3v) is 4.32. The molecule has 0 atom stereocenters. The second-order valence-corrected chi connectivity index (χ2v) is 6.10. The first-order valence-electron chi connectivity index (χ1n) is 7.22. The maximum absolute atomic E-state index is 3.49. The molecule has 2 heteroatoms. The predicted molar refractivity (Wildman–Crippen MR) is 69.7 cm³/mol. The van der Waals surface area contributed by atoms with E-state index < -0.39 is 0 Å². The largest absolute Gasteiger partial charge is 0.317 e. The number of rotatable bonds is 2. The van der Waals surface area contributed by atoms with E-state index in [9.17, 15) is 0 Å². The van der Waals surface area contributed by atoms with Gasteiger partial charge in [-0.25, -0.2) is 0 Å². The van der Waals surface area contributed by atoms with Crippen molar-refractivity contribution in [1.82, 2.24) is 10.2 Å². The lowest BCUT2D eigenvalue weighted by molar-refractivity contribution is 0.116. The molecule has 0 bridgehead atoms. The average molecular weight is 224 g/mol. The molecule has 0 amide bonds. The fourth-order valence-corrected chi connectivity index (χ4v) is 3.35. The second kappa shape index (κ2) is 6.02. The van der Waals surface area contributed by atoms with E-state index in [2.05, 4.69) is 17.1 Å². The molecule has 1 aliphatic heterocycles. The van der Waals surface area contributed by atoms with Crippen LogP contribution in [0.4, 0.5) is 0 Å².